The highest BCUT2D eigenvalue weighted by atomic mass is 16.3. The number of hydrogen-bond donors (Lipinski definition) is 0. The van der Waals surface area contributed by atoms with Crippen molar-refractivity contribution in [3.63, 3.8) is 0 Å². The molecule has 0 radical (unpaired) electrons. The molecule has 0 N–H and O–H groups in total. The van der Waals surface area contributed by atoms with E-state index in [4.69, 9.17) is 27.0 Å². The summed E-state index contributed by atoms with van der Waals surface area (Å²) >= 11 is 0. The average molecular weight is 1810 g/mol. The Kier molecular flexibility index (Phi) is 17.8. The SMILES string of the molecule is [2H]c1c([2H])c([2H])c(-c2c3ccccc3c(-c3ccc(-c4c(-c5ccccc5)ccc5oc6ccccc6c45)c4ccccc34)c3ccccc23)c([2H])c1[2H].[2H]c1c([2H])c([2H])c(-c2c3ccccc3c(-c3ccc(-c4cccc5oc6ccccc6c45)c4ccccc34)c3ccccc23)c([2H])c1[2H].c1ccc(-c2c3ccccc3c(-c3cccc(-c4ccc5oc6ccccc6c5c4-c4cccc5c4CCCC5)c3)c3ccccc23)cc1. The van der Waals surface area contributed by atoms with E-state index in [1.807, 2.05) is 121 Å². The summed E-state index contributed by atoms with van der Waals surface area (Å²) < 4.78 is 105. The molecule has 3 heteroatoms. The molecule has 0 fully saturated rings. The lowest BCUT2D eigenvalue weighted by Gasteiger charge is -2.22. The molecule has 0 saturated carbocycles. The monoisotopic (exact) mass is 1800 g/mol. The van der Waals surface area contributed by atoms with E-state index in [-0.39, 0.29) is 59.5 Å². The van der Waals surface area contributed by atoms with Crippen LogP contribution in [0.3, 0.4) is 0 Å². The Bertz CT molecular complexity index is 10300. The molecule has 660 valence electrons. The number of furan rings is 3. The fraction of sp³-hybridized carbons (Fsp3) is 0.0290. The molecular formula is C138H90O3. The minimum Gasteiger partial charge on any atom is -0.456 e. The van der Waals surface area contributed by atoms with Gasteiger partial charge < -0.3 is 13.3 Å². The van der Waals surface area contributed by atoms with Gasteiger partial charge in [0.25, 0.3) is 0 Å². The zero-order chi connectivity index (χ0) is 102. The standard InChI is InChI=1S/C48H30O.C48H34O.C42H26O/c1-3-15-31(16-4-1)33-29-30-44-48(42-25-13-14-26-43(42)49-44)47(33)41-28-27-40(34-19-7-8-20-35(34)41)46-38-23-11-9-21-36(38)45(32-17-5-2-6-18-32)37-22-10-12-24-39(37)46;1-2-15-32(16-3-1)45-38-21-6-8-23-40(38)46(41-24-9-7-22-39(41)45)34-19-12-18-33(30-34)36-28-29-44-48(42-25-10-11-27-43(42)49-44)47(36)37-26-13-17-31-14-4-5-20-35(31)37;1-2-13-27(14-3-1)40-32-17-6-8-19-34(32)41(35-20-9-7-18-33(35)40)36-26-25-30(28-15-4-5-16-29(28)36)31-22-12-24-39-42(31)37-21-10-11-23-38(37)43-39/h1-30H;1-3,6-13,15-19,21-30H,4-5,14,20H2;1-26H/i2D,5D,6D,17D,18D;;1D,2D,3D,13D,14D. The van der Waals surface area contributed by atoms with E-state index in [9.17, 15) is 0 Å². The Balaban J connectivity index is 0.000000111. The van der Waals surface area contributed by atoms with Crippen LogP contribution in [0.2, 0.25) is 0 Å². The van der Waals surface area contributed by atoms with Crippen LogP contribution >= 0.6 is 0 Å². The first-order chi connectivity index (χ1) is 74.2. The Hall–Kier alpha value is -18.0. The molecule has 28 aromatic rings. The number of fused-ring (bicyclic) bond motifs is 18. The second kappa shape index (κ2) is 34.7. The van der Waals surface area contributed by atoms with Crippen molar-refractivity contribution in [3.8, 4) is 122 Å². The van der Waals surface area contributed by atoms with E-state index in [1.54, 1.807) is 0 Å². The van der Waals surface area contributed by atoms with Crippen LogP contribution in [0.1, 0.15) is 37.7 Å². The Labute approximate surface area is 830 Å². The van der Waals surface area contributed by atoms with Gasteiger partial charge in [-0.1, -0.05) is 455 Å². The summed E-state index contributed by atoms with van der Waals surface area (Å²) in [5, 5.41) is 23.2. The smallest absolute Gasteiger partial charge is 0.136 e. The van der Waals surface area contributed by atoms with Crippen molar-refractivity contribution in [1.82, 2.24) is 0 Å². The molecule has 3 nitrogen and oxygen atoms in total. The van der Waals surface area contributed by atoms with Crippen LogP contribution < -0.4 is 0 Å². The van der Waals surface area contributed by atoms with E-state index in [2.05, 4.69) is 315 Å². The third kappa shape index (κ3) is 13.9. The molecule has 0 spiro atoms. The van der Waals surface area contributed by atoms with Gasteiger partial charge in [0.1, 0.15) is 33.5 Å². The lowest BCUT2D eigenvalue weighted by Crippen LogP contribution is -2.04. The Morgan fingerprint density at radius 2 is 0.440 bits per heavy atom. The predicted octanol–water partition coefficient (Wildman–Crippen LogP) is 39.2. The third-order valence-corrected chi connectivity index (χ3v) is 29.0. The molecule has 1 aliphatic rings. The molecule has 0 amide bonds. The molecule has 3 aromatic heterocycles. The van der Waals surface area contributed by atoms with Crippen molar-refractivity contribution in [2.45, 2.75) is 25.7 Å². The zero-order valence-corrected chi connectivity index (χ0v) is 76.6. The number of hydrogen-bond acceptors (Lipinski definition) is 3. The van der Waals surface area contributed by atoms with Crippen molar-refractivity contribution >= 4 is 152 Å². The van der Waals surface area contributed by atoms with Crippen LogP contribution in [-0.2, 0) is 12.8 Å². The van der Waals surface area contributed by atoms with Gasteiger partial charge in [0.15, 0.2) is 0 Å². The number of aryl methyl sites for hydroxylation is 1. The summed E-state index contributed by atoms with van der Waals surface area (Å²) in [6.07, 6.45) is 4.75. The molecule has 29 rings (SSSR count). The highest BCUT2D eigenvalue weighted by molar-refractivity contribution is 6.29. The van der Waals surface area contributed by atoms with E-state index >= 15 is 0 Å². The first kappa shape index (κ1) is 72.4. The molecular weight excluding hydrogens is 1710 g/mol. The summed E-state index contributed by atoms with van der Waals surface area (Å²) in [7, 11) is 0. The summed E-state index contributed by atoms with van der Waals surface area (Å²) in [5.74, 6) is 0. The number of para-hydroxylation sites is 3. The van der Waals surface area contributed by atoms with E-state index in [0.29, 0.717) is 11.1 Å². The Morgan fingerprint density at radius 1 is 0.156 bits per heavy atom. The maximum atomic E-state index is 8.95. The van der Waals surface area contributed by atoms with Crippen LogP contribution in [0.25, 0.3) is 274 Å². The van der Waals surface area contributed by atoms with E-state index in [0.717, 1.165) is 188 Å². The fourth-order valence-corrected chi connectivity index (χ4v) is 23.1. The molecule has 25 aromatic carbocycles. The van der Waals surface area contributed by atoms with Crippen molar-refractivity contribution < 1.29 is 27.0 Å². The van der Waals surface area contributed by atoms with Gasteiger partial charge in [-0.3, -0.25) is 0 Å². The van der Waals surface area contributed by atoms with Crippen molar-refractivity contribution in [1.29, 1.82) is 0 Å². The molecule has 1 aliphatic carbocycles. The van der Waals surface area contributed by atoms with Gasteiger partial charge in [0.05, 0.1) is 13.7 Å². The lowest BCUT2D eigenvalue weighted by atomic mass is 9.81. The molecule has 0 unspecified atom stereocenters. The van der Waals surface area contributed by atoms with E-state index in [1.165, 1.54) is 101 Å². The van der Waals surface area contributed by atoms with Crippen LogP contribution in [0.4, 0.5) is 0 Å². The van der Waals surface area contributed by atoms with E-state index < -0.39 is 12.1 Å². The van der Waals surface area contributed by atoms with Gasteiger partial charge in [0, 0.05) is 43.4 Å². The molecule has 141 heavy (non-hydrogen) atoms. The number of benzene rings is 25. The Morgan fingerprint density at radius 3 is 0.887 bits per heavy atom. The van der Waals surface area contributed by atoms with Crippen LogP contribution in [0.5, 0.6) is 0 Å². The second-order valence-electron chi connectivity index (χ2n) is 36.6. The molecule has 3 heterocycles. The first-order valence-electron chi connectivity index (χ1n) is 53.3. The second-order valence-corrected chi connectivity index (χ2v) is 36.6. The summed E-state index contributed by atoms with van der Waals surface area (Å²) in [5.41, 5.74) is 30.9. The zero-order valence-electron chi connectivity index (χ0n) is 86.6. The lowest BCUT2D eigenvalue weighted by molar-refractivity contribution is 0.668. The molecule has 0 saturated heterocycles. The van der Waals surface area contributed by atoms with Gasteiger partial charge in [-0.15, -0.1) is 0 Å². The van der Waals surface area contributed by atoms with Crippen molar-refractivity contribution in [3.05, 3.63) is 508 Å². The highest BCUT2D eigenvalue weighted by Crippen LogP contribution is 2.55. The average Bonchev–Trinajstić information content (AvgIpc) is 1.62. The first-order valence-corrected chi connectivity index (χ1v) is 48.3. The predicted molar refractivity (Wildman–Crippen MR) is 598 cm³/mol. The van der Waals surface area contributed by atoms with Crippen molar-refractivity contribution in [2.75, 3.05) is 0 Å². The van der Waals surface area contributed by atoms with Crippen LogP contribution in [-0.4, -0.2) is 0 Å². The van der Waals surface area contributed by atoms with Crippen LogP contribution in [0.15, 0.2) is 510 Å². The minimum absolute atomic E-state index is 0.203. The summed E-state index contributed by atoms with van der Waals surface area (Å²) in [6, 6.07) is 150. The normalized spacial score (nSPS) is 13.1. The van der Waals surface area contributed by atoms with Gasteiger partial charge in [0.2, 0.25) is 0 Å². The van der Waals surface area contributed by atoms with Crippen LogP contribution in [0, 0.1) is 0 Å². The molecule has 0 atom stereocenters. The van der Waals surface area contributed by atoms with Gasteiger partial charge in [-0.25, -0.2) is 0 Å². The van der Waals surface area contributed by atoms with Gasteiger partial charge in [-0.2, -0.15) is 0 Å². The minimum atomic E-state index is -0.403. The molecule has 0 bridgehead atoms. The number of rotatable bonds is 11. The molecule has 0 aliphatic heterocycles. The fourth-order valence-electron chi connectivity index (χ4n) is 23.1. The van der Waals surface area contributed by atoms with Crippen molar-refractivity contribution in [2.24, 2.45) is 0 Å². The largest absolute Gasteiger partial charge is 0.456 e. The highest BCUT2D eigenvalue weighted by Gasteiger charge is 2.29. The summed E-state index contributed by atoms with van der Waals surface area (Å²) in [4.78, 5) is 0. The topological polar surface area (TPSA) is 39.4 Å². The quantitative estimate of drug-likeness (QED) is 0.121. The maximum Gasteiger partial charge on any atom is 0.136 e. The van der Waals surface area contributed by atoms with Gasteiger partial charge in [-0.05, 0) is 277 Å². The van der Waals surface area contributed by atoms with Gasteiger partial charge >= 0.3 is 0 Å². The summed E-state index contributed by atoms with van der Waals surface area (Å²) in [6.45, 7) is 0. The maximum absolute atomic E-state index is 8.95. The third-order valence-electron chi connectivity index (χ3n) is 29.0.